The van der Waals surface area contributed by atoms with Gasteiger partial charge in [0.15, 0.2) is 0 Å². The number of aliphatic carboxylic acids is 1. The van der Waals surface area contributed by atoms with Crippen LogP contribution in [0.4, 0.5) is 10.6 Å². The maximum absolute atomic E-state index is 12.6. The SMILES string of the molecule is O=C(O)C1CCN(C(=O)Nc2cc(CC3CC3)nn2-c2ccccc2)C1. The van der Waals surface area contributed by atoms with Crippen molar-refractivity contribution in [1.29, 1.82) is 0 Å². The fourth-order valence-electron chi connectivity index (χ4n) is 3.34. The molecular weight excluding hydrogens is 332 g/mol. The molecule has 1 aromatic carbocycles. The third-order valence-corrected chi connectivity index (χ3v) is 5.02. The Morgan fingerprint density at radius 3 is 2.62 bits per heavy atom. The second kappa shape index (κ2) is 6.82. The van der Waals surface area contributed by atoms with Gasteiger partial charge in [0.1, 0.15) is 5.82 Å². The molecule has 1 saturated carbocycles. The second-order valence-corrected chi connectivity index (χ2v) is 7.12. The van der Waals surface area contributed by atoms with Crippen molar-refractivity contribution in [3.63, 3.8) is 0 Å². The smallest absolute Gasteiger partial charge is 0.323 e. The molecule has 1 aromatic heterocycles. The minimum Gasteiger partial charge on any atom is -0.481 e. The number of hydrogen-bond acceptors (Lipinski definition) is 3. The Kier molecular flexibility index (Phi) is 4.36. The molecule has 26 heavy (non-hydrogen) atoms. The number of carbonyl (C=O) groups excluding carboxylic acids is 1. The number of para-hydroxylation sites is 1. The number of anilines is 1. The van der Waals surface area contributed by atoms with Gasteiger partial charge >= 0.3 is 12.0 Å². The molecule has 136 valence electrons. The van der Waals surface area contributed by atoms with Gasteiger partial charge in [-0.15, -0.1) is 0 Å². The van der Waals surface area contributed by atoms with Crippen LogP contribution in [-0.4, -0.2) is 44.9 Å². The number of rotatable bonds is 5. The molecule has 0 bridgehead atoms. The number of carboxylic acids is 1. The van der Waals surface area contributed by atoms with Crippen molar-refractivity contribution < 1.29 is 14.7 Å². The summed E-state index contributed by atoms with van der Waals surface area (Å²) in [6, 6.07) is 11.3. The van der Waals surface area contributed by atoms with E-state index in [0.717, 1.165) is 17.8 Å². The Labute approximate surface area is 151 Å². The Morgan fingerprint density at radius 1 is 1.19 bits per heavy atom. The van der Waals surface area contributed by atoms with Gasteiger partial charge in [0.25, 0.3) is 0 Å². The molecule has 7 nitrogen and oxygen atoms in total. The lowest BCUT2D eigenvalue weighted by Crippen LogP contribution is -2.34. The summed E-state index contributed by atoms with van der Waals surface area (Å²) < 4.78 is 1.75. The molecule has 2 fully saturated rings. The van der Waals surface area contributed by atoms with E-state index < -0.39 is 11.9 Å². The lowest BCUT2D eigenvalue weighted by molar-refractivity contribution is -0.141. The summed E-state index contributed by atoms with van der Waals surface area (Å²) in [5.74, 6) is -0.00485. The first-order chi connectivity index (χ1) is 12.6. The molecule has 4 rings (SSSR count). The predicted molar refractivity (Wildman–Crippen MR) is 96.3 cm³/mol. The third kappa shape index (κ3) is 3.56. The zero-order valence-electron chi connectivity index (χ0n) is 14.5. The van der Waals surface area contributed by atoms with Crippen molar-refractivity contribution in [2.45, 2.75) is 25.7 Å². The normalized spacial score (nSPS) is 19.5. The molecule has 2 aromatic rings. The van der Waals surface area contributed by atoms with Crippen molar-refractivity contribution in [2.24, 2.45) is 11.8 Å². The topological polar surface area (TPSA) is 87.5 Å². The quantitative estimate of drug-likeness (QED) is 0.864. The minimum atomic E-state index is -0.846. The van der Waals surface area contributed by atoms with Crippen LogP contribution < -0.4 is 5.32 Å². The van der Waals surface area contributed by atoms with Crippen LogP contribution in [0.5, 0.6) is 0 Å². The highest BCUT2D eigenvalue weighted by molar-refractivity contribution is 5.89. The number of aromatic nitrogens is 2. The Balaban J connectivity index is 1.53. The molecule has 2 aliphatic rings. The van der Waals surface area contributed by atoms with E-state index in [-0.39, 0.29) is 12.6 Å². The van der Waals surface area contributed by atoms with Crippen LogP contribution in [0.15, 0.2) is 36.4 Å². The first-order valence-corrected chi connectivity index (χ1v) is 9.03. The summed E-state index contributed by atoms with van der Waals surface area (Å²) in [7, 11) is 0. The zero-order valence-corrected chi connectivity index (χ0v) is 14.5. The fraction of sp³-hybridized carbons (Fsp3) is 0.421. The minimum absolute atomic E-state index is 0.246. The molecule has 2 amide bonds. The van der Waals surface area contributed by atoms with Crippen LogP contribution in [0.25, 0.3) is 5.69 Å². The van der Waals surface area contributed by atoms with Gasteiger partial charge in [-0.1, -0.05) is 18.2 Å². The van der Waals surface area contributed by atoms with Crippen molar-refractivity contribution in [3.05, 3.63) is 42.1 Å². The molecule has 1 aliphatic carbocycles. The predicted octanol–water partition coefficient (Wildman–Crippen LogP) is 2.76. The summed E-state index contributed by atoms with van der Waals surface area (Å²) in [4.78, 5) is 25.3. The number of nitrogens with zero attached hydrogens (tertiary/aromatic N) is 3. The molecule has 1 unspecified atom stereocenters. The van der Waals surface area contributed by atoms with Crippen LogP contribution in [0.3, 0.4) is 0 Å². The van der Waals surface area contributed by atoms with E-state index in [0.29, 0.717) is 24.7 Å². The molecule has 1 aliphatic heterocycles. The van der Waals surface area contributed by atoms with Crippen LogP contribution in [0, 0.1) is 11.8 Å². The molecule has 2 N–H and O–H groups in total. The molecule has 0 radical (unpaired) electrons. The Hall–Kier alpha value is -2.83. The molecule has 2 heterocycles. The average Bonchev–Trinajstić information content (AvgIpc) is 3.15. The summed E-state index contributed by atoms with van der Waals surface area (Å²) in [5, 5.41) is 16.7. The maximum atomic E-state index is 12.6. The maximum Gasteiger partial charge on any atom is 0.323 e. The monoisotopic (exact) mass is 354 g/mol. The summed E-state index contributed by atoms with van der Waals surface area (Å²) in [5.41, 5.74) is 1.85. The number of hydrogen-bond donors (Lipinski definition) is 2. The standard InChI is InChI=1S/C19H22N4O3/c24-18(25)14-8-9-22(12-14)19(26)20-17-11-15(10-13-6-7-13)21-23(17)16-4-2-1-3-5-16/h1-5,11,13-14H,6-10,12H2,(H,20,26)(H,24,25). The summed E-state index contributed by atoms with van der Waals surface area (Å²) in [6.07, 6.45) is 3.90. The van der Waals surface area contributed by atoms with Crippen LogP contribution >= 0.6 is 0 Å². The highest BCUT2D eigenvalue weighted by atomic mass is 16.4. The zero-order chi connectivity index (χ0) is 18.1. The second-order valence-electron chi connectivity index (χ2n) is 7.12. The molecular formula is C19H22N4O3. The van der Waals surface area contributed by atoms with E-state index in [1.54, 1.807) is 9.58 Å². The lowest BCUT2D eigenvalue weighted by Gasteiger charge is -2.17. The highest BCUT2D eigenvalue weighted by Gasteiger charge is 2.31. The van der Waals surface area contributed by atoms with Gasteiger partial charge in [0.2, 0.25) is 0 Å². The van der Waals surface area contributed by atoms with E-state index in [1.165, 1.54) is 12.8 Å². The average molecular weight is 354 g/mol. The molecule has 1 atom stereocenters. The fourth-order valence-corrected chi connectivity index (χ4v) is 3.34. The van der Waals surface area contributed by atoms with Crippen LogP contribution in [-0.2, 0) is 11.2 Å². The largest absolute Gasteiger partial charge is 0.481 e. The van der Waals surface area contributed by atoms with Gasteiger partial charge in [-0.05, 0) is 43.7 Å². The Bertz CT molecular complexity index is 813. The number of nitrogens with one attached hydrogen (secondary N) is 1. The molecule has 7 heteroatoms. The van der Waals surface area contributed by atoms with Crippen molar-refractivity contribution in [3.8, 4) is 5.69 Å². The van der Waals surface area contributed by atoms with E-state index >= 15 is 0 Å². The van der Waals surface area contributed by atoms with Crippen molar-refractivity contribution in [2.75, 3.05) is 18.4 Å². The van der Waals surface area contributed by atoms with Gasteiger partial charge in [-0.2, -0.15) is 5.10 Å². The van der Waals surface area contributed by atoms with E-state index in [9.17, 15) is 9.59 Å². The third-order valence-electron chi connectivity index (χ3n) is 5.02. The van der Waals surface area contributed by atoms with Gasteiger partial charge < -0.3 is 10.0 Å². The summed E-state index contributed by atoms with van der Waals surface area (Å²) in [6.45, 7) is 0.701. The molecule has 0 spiro atoms. The van der Waals surface area contributed by atoms with Crippen LogP contribution in [0.1, 0.15) is 25.0 Å². The van der Waals surface area contributed by atoms with E-state index in [1.807, 2.05) is 36.4 Å². The van der Waals surface area contributed by atoms with Crippen molar-refractivity contribution >= 4 is 17.8 Å². The van der Waals surface area contributed by atoms with Crippen LogP contribution in [0.2, 0.25) is 0 Å². The highest BCUT2D eigenvalue weighted by Crippen LogP contribution is 2.33. The van der Waals surface area contributed by atoms with E-state index in [4.69, 9.17) is 5.11 Å². The van der Waals surface area contributed by atoms with Gasteiger partial charge in [0, 0.05) is 19.2 Å². The number of carbonyl (C=O) groups is 2. The number of likely N-dealkylation sites (tertiary alicyclic amines) is 1. The number of benzene rings is 1. The first kappa shape index (κ1) is 16.6. The van der Waals surface area contributed by atoms with Gasteiger partial charge in [-0.3, -0.25) is 10.1 Å². The summed E-state index contributed by atoms with van der Waals surface area (Å²) >= 11 is 0. The lowest BCUT2D eigenvalue weighted by atomic mass is 10.1. The molecule has 1 saturated heterocycles. The van der Waals surface area contributed by atoms with Crippen molar-refractivity contribution in [1.82, 2.24) is 14.7 Å². The number of urea groups is 1. The number of carboxylic acid groups (broad SMARTS) is 1. The first-order valence-electron chi connectivity index (χ1n) is 9.03. The van der Waals surface area contributed by atoms with Gasteiger partial charge in [-0.25, -0.2) is 9.48 Å². The number of amides is 2. The Morgan fingerprint density at radius 2 is 1.96 bits per heavy atom. The van der Waals surface area contributed by atoms with Gasteiger partial charge in [0.05, 0.1) is 17.3 Å². The van der Waals surface area contributed by atoms with E-state index in [2.05, 4.69) is 10.4 Å².